The summed E-state index contributed by atoms with van der Waals surface area (Å²) in [6.45, 7) is 0.350. The molecule has 0 radical (unpaired) electrons. The van der Waals surface area contributed by atoms with Crippen molar-refractivity contribution in [3.8, 4) is 0 Å². The minimum absolute atomic E-state index is 0.0582. The average molecular weight is 392 g/mol. The highest BCUT2D eigenvalue weighted by Crippen LogP contribution is 2.09. The van der Waals surface area contributed by atoms with Crippen LogP contribution in [0.1, 0.15) is 15.9 Å². The van der Waals surface area contributed by atoms with E-state index in [0.717, 1.165) is 5.56 Å². The highest BCUT2D eigenvalue weighted by molar-refractivity contribution is 6.45. The molecule has 2 aromatic rings. The second-order valence-corrected chi connectivity index (χ2v) is 6.23. The molecule has 8 nitrogen and oxygen atoms in total. The first kappa shape index (κ1) is 20.0. The van der Waals surface area contributed by atoms with Crippen LogP contribution in [0.4, 0.5) is 0 Å². The molecule has 29 heavy (non-hydrogen) atoms. The Morgan fingerprint density at radius 2 is 1.76 bits per heavy atom. The zero-order valence-electron chi connectivity index (χ0n) is 15.8. The summed E-state index contributed by atoms with van der Waals surface area (Å²) in [4.78, 5) is 45.6. The molecule has 1 fully saturated rings. The van der Waals surface area contributed by atoms with Crippen LogP contribution in [0.15, 0.2) is 77.4 Å². The number of benzene rings is 2. The van der Waals surface area contributed by atoms with E-state index in [-0.39, 0.29) is 11.4 Å². The molecule has 1 aliphatic rings. The summed E-state index contributed by atoms with van der Waals surface area (Å²) in [6.07, 6.45) is 1.84. The quantitative estimate of drug-likeness (QED) is 0.570. The minimum atomic E-state index is -0.676. The summed E-state index contributed by atoms with van der Waals surface area (Å²) in [6, 6.07) is 18.0. The van der Waals surface area contributed by atoms with E-state index < -0.39 is 17.8 Å². The van der Waals surface area contributed by atoms with Crippen LogP contribution < -0.4 is 10.9 Å². The standard InChI is InChI=1S/C21H20N4O4/c1-25-18(21(28)29-24-25)14-17(23-19(26)16-10-6-3-7-11-16)20(27)22-13-12-15-8-4-2-5-9-15/h2-11,14,24H,12-13H2,1H3,(H,22,27)/b18-14+,23-17?. The molecule has 1 heterocycles. The Balaban J connectivity index is 1.79. The van der Waals surface area contributed by atoms with Crippen LogP contribution in [0, 0.1) is 0 Å². The van der Waals surface area contributed by atoms with Gasteiger partial charge in [-0.3, -0.25) is 14.6 Å². The molecular weight excluding hydrogens is 372 g/mol. The van der Waals surface area contributed by atoms with E-state index in [1.165, 1.54) is 11.1 Å². The number of rotatable bonds is 6. The maximum Gasteiger partial charge on any atom is 0.376 e. The Kier molecular flexibility index (Phi) is 6.49. The van der Waals surface area contributed by atoms with Crippen LogP contribution in [-0.4, -0.2) is 42.1 Å². The molecule has 0 aliphatic carbocycles. The summed E-state index contributed by atoms with van der Waals surface area (Å²) in [5.41, 5.74) is 3.63. The van der Waals surface area contributed by atoms with Gasteiger partial charge in [-0.2, -0.15) is 0 Å². The van der Waals surface area contributed by atoms with Gasteiger partial charge in [-0.1, -0.05) is 54.1 Å². The van der Waals surface area contributed by atoms with Crippen molar-refractivity contribution in [1.82, 2.24) is 15.9 Å². The second kappa shape index (κ2) is 9.43. The largest absolute Gasteiger partial charge is 0.376 e. The fourth-order valence-electron chi connectivity index (χ4n) is 2.59. The van der Waals surface area contributed by atoms with E-state index in [2.05, 4.69) is 20.7 Å². The zero-order valence-corrected chi connectivity index (χ0v) is 15.8. The van der Waals surface area contributed by atoms with Crippen molar-refractivity contribution >= 4 is 23.5 Å². The summed E-state index contributed by atoms with van der Waals surface area (Å²) in [5.74, 6) is -1.83. The first-order valence-electron chi connectivity index (χ1n) is 8.97. The fourth-order valence-corrected chi connectivity index (χ4v) is 2.59. The van der Waals surface area contributed by atoms with Gasteiger partial charge in [-0.05, 0) is 24.1 Å². The first-order chi connectivity index (χ1) is 14.0. The Bertz CT molecular complexity index is 955. The summed E-state index contributed by atoms with van der Waals surface area (Å²) >= 11 is 0. The van der Waals surface area contributed by atoms with Gasteiger partial charge in [0, 0.05) is 25.2 Å². The minimum Gasteiger partial charge on any atom is -0.350 e. The van der Waals surface area contributed by atoms with Gasteiger partial charge in [-0.15, -0.1) is 0 Å². The third-order valence-electron chi connectivity index (χ3n) is 4.14. The Morgan fingerprint density at radius 3 is 2.38 bits per heavy atom. The van der Waals surface area contributed by atoms with E-state index in [1.54, 1.807) is 37.4 Å². The van der Waals surface area contributed by atoms with Crippen molar-refractivity contribution in [2.75, 3.05) is 13.6 Å². The smallest absolute Gasteiger partial charge is 0.350 e. The number of nitrogens with zero attached hydrogens (tertiary/aromatic N) is 2. The van der Waals surface area contributed by atoms with Crippen LogP contribution in [-0.2, 0) is 20.8 Å². The number of carbonyl (C=O) groups is 3. The molecule has 3 rings (SSSR count). The van der Waals surface area contributed by atoms with Gasteiger partial charge >= 0.3 is 5.97 Å². The van der Waals surface area contributed by atoms with Gasteiger partial charge in [0.25, 0.3) is 11.8 Å². The third kappa shape index (κ3) is 5.36. The zero-order chi connectivity index (χ0) is 20.6. The van der Waals surface area contributed by atoms with Gasteiger partial charge in [-0.25, -0.2) is 9.79 Å². The molecule has 0 atom stereocenters. The highest BCUT2D eigenvalue weighted by atomic mass is 16.7. The summed E-state index contributed by atoms with van der Waals surface area (Å²) < 4.78 is 0. The van der Waals surface area contributed by atoms with Gasteiger partial charge in [0.2, 0.25) is 0 Å². The Labute approximate surface area is 167 Å². The lowest BCUT2D eigenvalue weighted by Gasteiger charge is -2.09. The fraction of sp³-hybridized carbons (Fsp3) is 0.143. The van der Waals surface area contributed by atoms with Crippen LogP contribution >= 0.6 is 0 Å². The monoisotopic (exact) mass is 392 g/mol. The molecule has 148 valence electrons. The van der Waals surface area contributed by atoms with E-state index in [4.69, 9.17) is 0 Å². The predicted octanol–water partition coefficient (Wildman–Crippen LogP) is 1.42. The molecule has 0 bridgehead atoms. The van der Waals surface area contributed by atoms with Crippen LogP contribution in [0.2, 0.25) is 0 Å². The average Bonchev–Trinajstić information content (AvgIpc) is 3.06. The molecule has 1 aliphatic heterocycles. The van der Waals surface area contributed by atoms with Crippen LogP contribution in [0.3, 0.4) is 0 Å². The predicted molar refractivity (Wildman–Crippen MR) is 106 cm³/mol. The molecule has 0 aromatic heterocycles. The van der Waals surface area contributed by atoms with E-state index in [1.807, 2.05) is 30.3 Å². The molecule has 0 saturated carbocycles. The lowest BCUT2D eigenvalue weighted by Crippen LogP contribution is -2.33. The van der Waals surface area contributed by atoms with Crippen molar-refractivity contribution < 1.29 is 19.2 Å². The lowest BCUT2D eigenvalue weighted by molar-refractivity contribution is -0.142. The van der Waals surface area contributed by atoms with Crippen LogP contribution in [0.5, 0.6) is 0 Å². The highest BCUT2D eigenvalue weighted by Gasteiger charge is 2.26. The van der Waals surface area contributed by atoms with E-state index in [0.29, 0.717) is 18.5 Å². The van der Waals surface area contributed by atoms with Crippen molar-refractivity contribution in [3.63, 3.8) is 0 Å². The number of amides is 2. The number of carbonyl (C=O) groups excluding carboxylic acids is 3. The van der Waals surface area contributed by atoms with E-state index in [9.17, 15) is 14.4 Å². The topological polar surface area (TPSA) is 100 Å². The second-order valence-electron chi connectivity index (χ2n) is 6.23. The van der Waals surface area contributed by atoms with Crippen molar-refractivity contribution in [3.05, 3.63) is 83.6 Å². The molecule has 0 spiro atoms. The molecule has 1 saturated heterocycles. The van der Waals surface area contributed by atoms with E-state index >= 15 is 0 Å². The maximum absolute atomic E-state index is 12.7. The van der Waals surface area contributed by atoms with Crippen molar-refractivity contribution in [2.24, 2.45) is 4.99 Å². The van der Waals surface area contributed by atoms with Crippen molar-refractivity contribution in [1.29, 1.82) is 0 Å². The molecular formula is C21H20N4O4. The van der Waals surface area contributed by atoms with Crippen LogP contribution in [0.25, 0.3) is 0 Å². The Morgan fingerprint density at radius 1 is 1.10 bits per heavy atom. The Hall–Kier alpha value is -3.78. The lowest BCUT2D eigenvalue weighted by atomic mass is 10.1. The molecule has 2 amide bonds. The van der Waals surface area contributed by atoms with Gasteiger partial charge in [0.05, 0.1) is 0 Å². The molecule has 8 heteroatoms. The number of hydrazine groups is 1. The number of nitrogens with one attached hydrogen (secondary N) is 2. The number of aliphatic imine (C=N–C) groups is 1. The van der Waals surface area contributed by atoms with Gasteiger partial charge < -0.3 is 10.2 Å². The molecule has 0 unspecified atom stereocenters. The normalized spacial score (nSPS) is 15.3. The molecule has 2 N–H and O–H groups in total. The van der Waals surface area contributed by atoms with Gasteiger partial charge in [0.1, 0.15) is 11.4 Å². The SMILES string of the molecule is CN1NOC(=O)/C1=C\C(=NC(=O)c1ccccc1)C(=O)NCCc1ccccc1. The summed E-state index contributed by atoms with van der Waals surface area (Å²) in [5, 5.41) is 4.03. The van der Waals surface area contributed by atoms with Gasteiger partial charge in [0.15, 0.2) is 0 Å². The number of hydrogen-bond donors (Lipinski definition) is 2. The third-order valence-corrected chi connectivity index (χ3v) is 4.14. The maximum atomic E-state index is 12.7. The van der Waals surface area contributed by atoms with Crippen molar-refractivity contribution in [2.45, 2.75) is 6.42 Å². The number of likely N-dealkylation sites (N-methyl/N-ethyl adjacent to an activating group) is 1. The molecule has 2 aromatic carbocycles. The number of hydrogen-bond acceptors (Lipinski definition) is 6. The summed E-state index contributed by atoms with van der Waals surface area (Å²) in [7, 11) is 1.54. The first-order valence-corrected chi connectivity index (χ1v) is 8.97.